The van der Waals surface area contributed by atoms with Crippen molar-refractivity contribution in [3.05, 3.63) is 0 Å². The Morgan fingerprint density at radius 1 is 1.00 bits per heavy atom. The van der Waals surface area contributed by atoms with Crippen molar-refractivity contribution in [2.75, 3.05) is 26.2 Å². The molecule has 2 heteroatoms. The first-order valence-corrected chi connectivity index (χ1v) is 8.57. The molecule has 0 aromatic rings. The van der Waals surface area contributed by atoms with Crippen molar-refractivity contribution in [3.8, 4) is 0 Å². The Labute approximate surface area is 121 Å². The van der Waals surface area contributed by atoms with Crippen molar-refractivity contribution in [2.45, 2.75) is 78.7 Å². The molecular formula is C17H36N2. The van der Waals surface area contributed by atoms with Crippen molar-refractivity contribution in [1.82, 2.24) is 10.2 Å². The SMILES string of the molecule is CCCN(CCC)CC1(CNC(C)C)CCCCC1. The summed E-state index contributed by atoms with van der Waals surface area (Å²) in [6, 6.07) is 0.615. The summed E-state index contributed by atoms with van der Waals surface area (Å²) in [5.41, 5.74) is 0.548. The van der Waals surface area contributed by atoms with Crippen molar-refractivity contribution < 1.29 is 0 Å². The minimum Gasteiger partial charge on any atom is -0.314 e. The Kier molecular flexibility index (Phi) is 8.01. The lowest BCUT2D eigenvalue weighted by atomic mass is 9.73. The molecule has 1 aliphatic carbocycles. The van der Waals surface area contributed by atoms with Crippen LogP contribution in [0.5, 0.6) is 0 Å². The molecule has 0 bridgehead atoms. The standard InChI is InChI=1S/C17H36N2/c1-5-12-19(13-6-2)15-17(14-18-16(3)4)10-8-7-9-11-17/h16,18H,5-15H2,1-4H3. The van der Waals surface area contributed by atoms with E-state index in [1.165, 1.54) is 71.1 Å². The van der Waals surface area contributed by atoms with Gasteiger partial charge in [0, 0.05) is 19.1 Å². The Hall–Kier alpha value is -0.0800. The summed E-state index contributed by atoms with van der Waals surface area (Å²) < 4.78 is 0. The van der Waals surface area contributed by atoms with Gasteiger partial charge in [0.15, 0.2) is 0 Å². The molecule has 0 aromatic heterocycles. The molecule has 114 valence electrons. The third-order valence-corrected chi connectivity index (χ3v) is 4.44. The lowest BCUT2D eigenvalue weighted by Gasteiger charge is -2.42. The molecule has 0 unspecified atom stereocenters. The molecule has 1 fully saturated rings. The van der Waals surface area contributed by atoms with Crippen LogP contribution in [0.1, 0.15) is 72.6 Å². The average Bonchev–Trinajstić information content (AvgIpc) is 2.38. The van der Waals surface area contributed by atoms with Gasteiger partial charge in [-0.1, -0.05) is 47.0 Å². The average molecular weight is 268 g/mol. The van der Waals surface area contributed by atoms with Crippen LogP contribution in [0.25, 0.3) is 0 Å². The van der Waals surface area contributed by atoms with Crippen LogP contribution in [-0.2, 0) is 0 Å². The summed E-state index contributed by atoms with van der Waals surface area (Å²) in [4.78, 5) is 2.72. The number of hydrogen-bond donors (Lipinski definition) is 1. The van der Waals surface area contributed by atoms with E-state index < -0.39 is 0 Å². The highest BCUT2D eigenvalue weighted by molar-refractivity contribution is 4.88. The summed E-state index contributed by atoms with van der Waals surface area (Å²) in [5.74, 6) is 0. The number of rotatable bonds is 9. The maximum absolute atomic E-state index is 3.72. The maximum atomic E-state index is 3.72. The zero-order chi connectivity index (χ0) is 14.1. The van der Waals surface area contributed by atoms with E-state index in [0.717, 1.165) is 0 Å². The fourth-order valence-corrected chi connectivity index (χ4v) is 3.49. The minimum atomic E-state index is 0.548. The second-order valence-electron chi connectivity index (χ2n) is 6.87. The molecule has 19 heavy (non-hydrogen) atoms. The molecule has 2 nitrogen and oxygen atoms in total. The van der Waals surface area contributed by atoms with Gasteiger partial charge >= 0.3 is 0 Å². The summed E-state index contributed by atoms with van der Waals surface area (Å²) in [6.45, 7) is 14.2. The van der Waals surface area contributed by atoms with Crippen molar-refractivity contribution in [1.29, 1.82) is 0 Å². The predicted molar refractivity (Wildman–Crippen MR) is 85.7 cm³/mol. The van der Waals surface area contributed by atoms with Crippen molar-refractivity contribution in [3.63, 3.8) is 0 Å². The zero-order valence-electron chi connectivity index (χ0n) is 13.8. The number of nitrogens with zero attached hydrogens (tertiary/aromatic N) is 1. The van der Waals surface area contributed by atoms with Gasteiger partial charge in [-0.15, -0.1) is 0 Å². The second kappa shape index (κ2) is 8.97. The molecule has 1 rings (SSSR count). The van der Waals surface area contributed by atoms with E-state index in [1.807, 2.05) is 0 Å². The van der Waals surface area contributed by atoms with Gasteiger partial charge in [0.05, 0.1) is 0 Å². The number of nitrogens with one attached hydrogen (secondary N) is 1. The van der Waals surface area contributed by atoms with Gasteiger partial charge in [-0.05, 0) is 44.2 Å². The Balaban J connectivity index is 2.60. The van der Waals surface area contributed by atoms with Crippen LogP contribution in [0.4, 0.5) is 0 Å². The highest BCUT2D eigenvalue weighted by Crippen LogP contribution is 2.36. The van der Waals surface area contributed by atoms with Gasteiger partial charge in [-0.2, -0.15) is 0 Å². The highest BCUT2D eigenvalue weighted by Gasteiger charge is 2.33. The van der Waals surface area contributed by atoms with Crippen LogP contribution in [-0.4, -0.2) is 37.1 Å². The fourth-order valence-electron chi connectivity index (χ4n) is 3.49. The van der Waals surface area contributed by atoms with Gasteiger partial charge < -0.3 is 10.2 Å². The van der Waals surface area contributed by atoms with Crippen LogP contribution < -0.4 is 5.32 Å². The lowest BCUT2D eigenvalue weighted by molar-refractivity contribution is 0.0997. The summed E-state index contributed by atoms with van der Waals surface area (Å²) in [5, 5.41) is 3.72. The van der Waals surface area contributed by atoms with Crippen LogP contribution in [0.15, 0.2) is 0 Å². The molecule has 1 aliphatic rings. The summed E-state index contributed by atoms with van der Waals surface area (Å²) in [7, 11) is 0. The molecule has 1 saturated carbocycles. The number of hydrogen-bond acceptors (Lipinski definition) is 2. The van der Waals surface area contributed by atoms with Crippen LogP contribution in [0.2, 0.25) is 0 Å². The summed E-state index contributed by atoms with van der Waals surface area (Å²) in [6.07, 6.45) is 9.75. The van der Waals surface area contributed by atoms with E-state index in [4.69, 9.17) is 0 Å². The molecule has 0 aliphatic heterocycles. The van der Waals surface area contributed by atoms with Crippen LogP contribution >= 0.6 is 0 Å². The molecule has 0 saturated heterocycles. The second-order valence-corrected chi connectivity index (χ2v) is 6.87. The lowest BCUT2D eigenvalue weighted by Crippen LogP contribution is -2.47. The van der Waals surface area contributed by atoms with Crippen molar-refractivity contribution in [2.24, 2.45) is 5.41 Å². The van der Waals surface area contributed by atoms with E-state index >= 15 is 0 Å². The molecule has 0 radical (unpaired) electrons. The molecule has 1 N–H and O–H groups in total. The molecular weight excluding hydrogens is 232 g/mol. The smallest absolute Gasteiger partial charge is 0.00501 e. The topological polar surface area (TPSA) is 15.3 Å². The summed E-state index contributed by atoms with van der Waals surface area (Å²) >= 11 is 0. The van der Waals surface area contributed by atoms with Gasteiger partial charge in [-0.25, -0.2) is 0 Å². The monoisotopic (exact) mass is 268 g/mol. The third kappa shape index (κ3) is 6.27. The Morgan fingerprint density at radius 2 is 1.58 bits per heavy atom. The van der Waals surface area contributed by atoms with E-state index in [-0.39, 0.29) is 0 Å². The van der Waals surface area contributed by atoms with Gasteiger partial charge in [0.1, 0.15) is 0 Å². The Bertz CT molecular complexity index is 213. The van der Waals surface area contributed by atoms with Gasteiger partial charge in [-0.3, -0.25) is 0 Å². The maximum Gasteiger partial charge on any atom is 0.00501 e. The Morgan fingerprint density at radius 3 is 2.05 bits per heavy atom. The van der Waals surface area contributed by atoms with E-state index in [2.05, 4.69) is 37.9 Å². The minimum absolute atomic E-state index is 0.548. The molecule has 0 heterocycles. The molecule has 0 amide bonds. The third-order valence-electron chi connectivity index (χ3n) is 4.44. The molecule has 0 aromatic carbocycles. The largest absolute Gasteiger partial charge is 0.314 e. The first-order valence-electron chi connectivity index (χ1n) is 8.57. The van der Waals surface area contributed by atoms with Crippen molar-refractivity contribution >= 4 is 0 Å². The van der Waals surface area contributed by atoms with E-state index in [9.17, 15) is 0 Å². The normalized spacial score (nSPS) is 19.3. The van der Waals surface area contributed by atoms with Gasteiger partial charge in [0.2, 0.25) is 0 Å². The van der Waals surface area contributed by atoms with Crippen LogP contribution in [0, 0.1) is 5.41 Å². The fraction of sp³-hybridized carbons (Fsp3) is 1.00. The first-order chi connectivity index (χ1) is 9.12. The quantitative estimate of drug-likeness (QED) is 0.678. The first kappa shape index (κ1) is 17.0. The van der Waals surface area contributed by atoms with Crippen LogP contribution in [0.3, 0.4) is 0 Å². The van der Waals surface area contributed by atoms with Gasteiger partial charge in [0.25, 0.3) is 0 Å². The molecule has 0 atom stereocenters. The predicted octanol–water partition coefficient (Wildman–Crippen LogP) is 4.06. The zero-order valence-corrected chi connectivity index (χ0v) is 13.8. The highest BCUT2D eigenvalue weighted by atomic mass is 15.1. The van der Waals surface area contributed by atoms with E-state index in [0.29, 0.717) is 11.5 Å². The van der Waals surface area contributed by atoms with E-state index in [1.54, 1.807) is 0 Å². The molecule has 0 spiro atoms.